The topological polar surface area (TPSA) is 66.5 Å². The molecule has 1 aliphatic carbocycles. The van der Waals surface area contributed by atoms with Crippen LogP contribution in [0.5, 0.6) is 0 Å². The molecule has 1 aromatic heterocycles. The lowest BCUT2D eigenvalue weighted by Crippen LogP contribution is -2.40. The molecule has 0 spiro atoms. The van der Waals surface area contributed by atoms with Crippen LogP contribution >= 0.6 is 11.3 Å². The Kier molecular flexibility index (Phi) is 5.08. The molecule has 0 radical (unpaired) electrons. The van der Waals surface area contributed by atoms with Crippen molar-refractivity contribution in [3.63, 3.8) is 0 Å². The maximum absolute atomic E-state index is 12.4. The van der Waals surface area contributed by atoms with E-state index >= 15 is 0 Å². The molecule has 3 rings (SSSR count). The molecule has 1 saturated carbocycles. The molecule has 0 aromatic carbocycles. The first-order valence-corrected chi connectivity index (χ1v) is 10.6. The highest BCUT2D eigenvalue weighted by molar-refractivity contribution is 7.91. The molecule has 2 aliphatic rings. The summed E-state index contributed by atoms with van der Waals surface area (Å²) >= 11 is 1.26. The van der Waals surface area contributed by atoms with Crippen molar-refractivity contribution in [1.29, 1.82) is 0 Å². The van der Waals surface area contributed by atoms with Crippen molar-refractivity contribution in [2.45, 2.75) is 68.2 Å². The van der Waals surface area contributed by atoms with Gasteiger partial charge in [0.2, 0.25) is 15.9 Å². The minimum absolute atomic E-state index is 0.0898. The molecule has 1 N–H and O–H groups in total. The van der Waals surface area contributed by atoms with E-state index in [1.807, 2.05) is 11.8 Å². The number of carbonyl (C=O) groups is 1. The zero-order chi connectivity index (χ0) is 16.4. The Morgan fingerprint density at radius 3 is 2.48 bits per heavy atom. The minimum Gasteiger partial charge on any atom is -0.338 e. The van der Waals surface area contributed by atoms with Crippen molar-refractivity contribution in [3.8, 4) is 0 Å². The number of nitrogens with zero attached hydrogens (tertiary/aromatic N) is 1. The summed E-state index contributed by atoms with van der Waals surface area (Å²) in [5, 5.41) is 0. The molecule has 5 nitrogen and oxygen atoms in total. The number of hydrogen-bond donors (Lipinski definition) is 1. The van der Waals surface area contributed by atoms with Gasteiger partial charge in [0.05, 0.1) is 0 Å². The van der Waals surface area contributed by atoms with Gasteiger partial charge in [-0.3, -0.25) is 4.79 Å². The molecule has 1 aliphatic heterocycles. The van der Waals surface area contributed by atoms with Crippen molar-refractivity contribution in [1.82, 2.24) is 9.62 Å². The normalized spacial score (nSPS) is 24.1. The summed E-state index contributed by atoms with van der Waals surface area (Å²) in [7, 11) is -3.52. The van der Waals surface area contributed by atoms with Crippen LogP contribution in [0.25, 0.3) is 0 Å². The molecule has 128 valence electrons. The second-order valence-electron chi connectivity index (χ2n) is 6.58. The largest absolute Gasteiger partial charge is 0.338 e. The first-order valence-electron chi connectivity index (χ1n) is 8.34. The van der Waals surface area contributed by atoms with Crippen molar-refractivity contribution in [2.24, 2.45) is 0 Å². The highest BCUT2D eigenvalue weighted by atomic mass is 32.2. The van der Waals surface area contributed by atoms with Gasteiger partial charge in [-0.2, -0.15) is 0 Å². The first-order chi connectivity index (χ1) is 11.0. The summed E-state index contributed by atoms with van der Waals surface area (Å²) < 4.78 is 27.9. The SMILES string of the molecule is Cc1ccc(S(=O)(=O)NC2CC(=O)N(C3CCCCCC3)C2)s1. The van der Waals surface area contributed by atoms with E-state index in [0.717, 1.165) is 17.7 Å². The van der Waals surface area contributed by atoms with E-state index in [1.165, 1.54) is 37.0 Å². The van der Waals surface area contributed by atoms with Crippen LogP contribution in [0.15, 0.2) is 16.3 Å². The molecular formula is C16H24N2O3S2. The Hall–Kier alpha value is -0.920. The van der Waals surface area contributed by atoms with Crippen LogP contribution in [0.4, 0.5) is 0 Å². The van der Waals surface area contributed by atoms with Crippen molar-refractivity contribution in [2.75, 3.05) is 6.54 Å². The van der Waals surface area contributed by atoms with E-state index in [0.29, 0.717) is 16.8 Å². The number of carbonyl (C=O) groups excluding carboxylic acids is 1. The Balaban J connectivity index is 1.65. The van der Waals surface area contributed by atoms with Crippen LogP contribution in [0, 0.1) is 6.92 Å². The van der Waals surface area contributed by atoms with E-state index in [4.69, 9.17) is 0 Å². The average molecular weight is 357 g/mol. The first kappa shape index (κ1) is 16.9. The Morgan fingerprint density at radius 1 is 1.17 bits per heavy atom. The van der Waals surface area contributed by atoms with Gasteiger partial charge in [0.1, 0.15) is 4.21 Å². The fraction of sp³-hybridized carbons (Fsp3) is 0.688. The van der Waals surface area contributed by atoms with Gasteiger partial charge in [0.15, 0.2) is 0 Å². The number of sulfonamides is 1. The predicted molar refractivity (Wildman–Crippen MR) is 91.0 cm³/mol. The quantitative estimate of drug-likeness (QED) is 0.844. The molecule has 1 saturated heterocycles. The van der Waals surface area contributed by atoms with Crippen LogP contribution < -0.4 is 4.72 Å². The fourth-order valence-corrected chi connectivity index (χ4v) is 6.09. The van der Waals surface area contributed by atoms with Crippen molar-refractivity contribution in [3.05, 3.63) is 17.0 Å². The summed E-state index contributed by atoms with van der Waals surface area (Å²) in [6, 6.07) is 3.42. The summed E-state index contributed by atoms with van der Waals surface area (Å²) in [6.45, 7) is 2.39. The second kappa shape index (κ2) is 6.91. The predicted octanol–water partition coefficient (Wildman–Crippen LogP) is 2.66. The standard InChI is InChI=1S/C16H24N2O3S2/c1-12-8-9-16(22-12)23(20,21)17-13-10-15(19)18(11-13)14-6-4-2-3-5-7-14/h8-9,13-14,17H,2-7,10-11H2,1H3. The van der Waals surface area contributed by atoms with Gasteiger partial charge in [-0.05, 0) is 31.9 Å². The summed E-state index contributed by atoms with van der Waals surface area (Å²) in [6.07, 6.45) is 7.20. The van der Waals surface area contributed by atoms with Gasteiger partial charge in [0, 0.05) is 29.9 Å². The Labute approximate surface area is 142 Å². The molecule has 1 atom stereocenters. The maximum Gasteiger partial charge on any atom is 0.250 e. The summed E-state index contributed by atoms with van der Waals surface area (Å²) in [5.41, 5.74) is 0. The summed E-state index contributed by atoms with van der Waals surface area (Å²) in [4.78, 5) is 15.2. The number of hydrogen-bond acceptors (Lipinski definition) is 4. The second-order valence-corrected chi connectivity index (χ2v) is 9.81. The third kappa shape index (κ3) is 3.95. The van der Waals surface area contributed by atoms with Gasteiger partial charge in [-0.1, -0.05) is 25.7 Å². The van der Waals surface area contributed by atoms with E-state index < -0.39 is 10.0 Å². The van der Waals surface area contributed by atoms with E-state index in [1.54, 1.807) is 12.1 Å². The third-order valence-electron chi connectivity index (χ3n) is 4.73. The number of thiophene rings is 1. The molecule has 23 heavy (non-hydrogen) atoms. The number of likely N-dealkylation sites (tertiary alicyclic amines) is 1. The molecule has 1 aromatic rings. The highest BCUT2D eigenvalue weighted by Gasteiger charge is 2.36. The van der Waals surface area contributed by atoms with Gasteiger partial charge in [-0.25, -0.2) is 13.1 Å². The molecule has 0 bridgehead atoms. The Bertz CT molecular complexity index is 661. The van der Waals surface area contributed by atoms with Crippen LogP contribution in [0.2, 0.25) is 0 Å². The molecule has 2 fully saturated rings. The van der Waals surface area contributed by atoms with Gasteiger partial charge < -0.3 is 4.90 Å². The fourth-order valence-electron chi connectivity index (χ4n) is 3.57. The lowest BCUT2D eigenvalue weighted by molar-refractivity contribution is -0.129. The van der Waals surface area contributed by atoms with Gasteiger partial charge in [0.25, 0.3) is 0 Å². The summed E-state index contributed by atoms with van der Waals surface area (Å²) in [5.74, 6) is 0.0898. The van der Waals surface area contributed by atoms with Crippen molar-refractivity contribution < 1.29 is 13.2 Å². The van der Waals surface area contributed by atoms with Crippen LogP contribution in [0.3, 0.4) is 0 Å². The maximum atomic E-state index is 12.4. The minimum atomic E-state index is -3.52. The third-order valence-corrected chi connectivity index (χ3v) is 7.74. The van der Waals surface area contributed by atoms with E-state index in [2.05, 4.69) is 4.72 Å². The number of aryl methyl sites for hydroxylation is 1. The smallest absolute Gasteiger partial charge is 0.250 e. The van der Waals surface area contributed by atoms with Crippen LogP contribution in [0.1, 0.15) is 49.8 Å². The zero-order valence-electron chi connectivity index (χ0n) is 13.5. The Morgan fingerprint density at radius 2 is 1.87 bits per heavy atom. The van der Waals surface area contributed by atoms with E-state index in [9.17, 15) is 13.2 Å². The van der Waals surface area contributed by atoms with Gasteiger partial charge >= 0.3 is 0 Å². The lowest BCUT2D eigenvalue weighted by Gasteiger charge is -2.27. The van der Waals surface area contributed by atoms with Gasteiger partial charge in [-0.15, -0.1) is 11.3 Å². The molecule has 1 unspecified atom stereocenters. The molecular weight excluding hydrogens is 332 g/mol. The average Bonchev–Trinajstić information content (AvgIpc) is 2.96. The van der Waals surface area contributed by atoms with Crippen LogP contribution in [-0.4, -0.2) is 37.9 Å². The lowest BCUT2D eigenvalue weighted by atomic mass is 10.1. The number of rotatable bonds is 4. The molecule has 7 heteroatoms. The molecule has 1 amide bonds. The number of nitrogens with one attached hydrogen (secondary N) is 1. The monoisotopic (exact) mass is 356 g/mol. The highest BCUT2D eigenvalue weighted by Crippen LogP contribution is 2.27. The van der Waals surface area contributed by atoms with Crippen molar-refractivity contribution >= 4 is 27.3 Å². The zero-order valence-corrected chi connectivity index (χ0v) is 15.1. The van der Waals surface area contributed by atoms with Crippen LogP contribution in [-0.2, 0) is 14.8 Å². The van der Waals surface area contributed by atoms with E-state index in [-0.39, 0.29) is 18.4 Å². The molecule has 2 heterocycles. The number of amides is 1.